The van der Waals surface area contributed by atoms with E-state index >= 15 is 0 Å². The van der Waals surface area contributed by atoms with Gasteiger partial charge in [-0.15, -0.1) is 0 Å². The summed E-state index contributed by atoms with van der Waals surface area (Å²) in [7, 11) is 0. The van der Waals surface area contributed by atoms with E-state index in [-0.39, 0.29) is 5.78 Å². The van der Waals surface area contributed by atoms with Gasteiger partial charge in [-0.25, -0.2) is 0 Å². The van der Waals surface area contributed by atoms with Crippen LogP contribution >= 0.6 is 0 Å². The predicted molar refractivity (Wildman–Crippen MR) is 73.7 cm³/mol. The molecular weight excluding hydrogens is 208 g/mol. The Kier molecular flexibility index (Phi) is 4.68. The molecule has 1 rings (SSSR count). The molecule has 0 unspecified atom stereocenters. The highest BCUT2D eigenvalue weighted by atomic mass is 16.1. The van der Waals surface area contributed by atoms with Crippen LogP contribution in [0, 0.1) is 11.8 Å². The van der Waals surface area contributed by atoms with Gasteiger partial charge < -0.3 is 0 Å². The largest absolute Gasteiger partial charge is 0.294 e. The molecule has 0 aromatic heterocycles. The highest BCUT2D eigenvalue weighted by Crippen LogP contribution is 2.30. The zero-order valence-corrected chi connectivity index (χ0v) is 11.4. The van der Waals surface area contributed by atoms with Crippen LogP contribution in [0.2, 0.25) is 0 Å². The Morgan fingerprint density at radius 2 is 1.41 bits per heavy atom. The average Bonchev–Trinajstić information content (AvgIpc) is 2.25. The SMILES string of the molecule is CC(=O)C(=C(C(C)C)C(C)C)c1ccccc1. The number of Topliss-reactive ketones (excluding diaryl/α,β-unsaturated/α-hetero) is 1. The van der Waals surface area contributed by atoms with E-state index in [1.54, 1.807) is 6.92 Å². The van der Waals surface area contributed by atoms with Crippen molar-refractivity contribution in [2.45, 2.75) is 34.6 Å². The molecule has 0 aliphatic heterocycles. The maximum atomic E-state index is 11.9. The van der Waals surface area contributed by atoms with E-state index in [9.17, 15) is 4.79 Å². The summed E-state index contributed by atoms with van der Waals surface area (Å²) in [6.07, 6.45) is 0. The molecule has 0 saturated heterocycles. The van der Waals surface area contributed by atoms with Gasteiger partial charge in [-0.2, -0.15) is 0 Å². The van der Waals surface area contributed by atoms with Crippen LogP contribution < -0.4 is 0 Å². The highest BCUT2D eigenvalue weighted by molar-refractivity contribution is 6.20. The lowest BCUT2D eigenvalue weighted by atomic mass is 9.84. The molecule has 0 bridgehead atoms. The van der Waals surface area contributed by atoms with Crippen LogP contribution in [-0.2, 0) is 4.79 Å². The van der Waals surface area contributed by atoms with Gasteiger partial charge in [-0.1, -0.05) is 63.6 Å². The summed E-state index contributed by atoms with van der Waals surface area (Å²) in [5.41, 5.74) is 3.19. The summed E-state index contributed by atoms with van der Waals surface area (Å²) in [5.74, 6) is 0.955. The molecule has 0 amide bonds. The second-order valence-corrected chi connectivity index (χ2v) is 5.06. The van der Waals surface area contributed by atoms with Crippen molar-refractivity contribution in [3.63, 3.8) is 0 Å². The first-order valence-electron chi connectivity index (χ1n) is 6.25. The Morgan fingerprint density at radius 1 is 0.941 bits per heavy atom. The molecule has 0 fully saturated rings. The first-order valence-corrected chi connectivity index (χ1v) is 6.25. The minimum Gasteiger partial charge on any atom is -0.294 e. The third-order valence-corrected chi connectivity index (χ3v) is 2.95. The molecule has 0 aliphatic carbocycles. The molecule has 17 heavy (non-hydrogen) atoms. The van der Waals surface area contributed by atoms with Gasteiger partial charge in [0.25, 0.3) is 0 Å². The van der Waals surface area contributed by atoms with Crippen molar-refractivity contribution in [3.8, 4) is 0 Å². The smallest absolute Gasteiger partial charge is 0.160 e. The molecule has 0 radical (unpaired) electrons. The Balaban J connectivity index is 3.43. The zero-order valence-electron chi connectivity index (χ0n) is 11.4. The van der Waals surface area contributed by atoms with Crippen LogP contribution in [0.4, 0.5) is 0 Å². The summed E-state index contributed by atoms with van der Waals surface area (Å²) in [5, 5.41) is 0. The van der Waals surface area contributed by atoms with Crippen molar-refractivity contribution < 1.29 is 4.79 Å². The topological polar surface area (TPSA) is 17.1 Å². The van der Waals surface area contributed by atoms with Crippen molar-refractivity contribution in [1.29, 1.82) is 0 Å². The first-order chi connectivity index (χ1) is 7.95. The fraction of sp³-hybridized carbons (Fsp3) is 0.438. The quantitative estimate of drug-likeness (QED) is 0.703. The molecule has 0 aliphatic rings. The van der Waals surface area contributed by atoms with Crippen LogP contribution in [0.5, 0.6) is 0 Å². The molecule has 0 N–H and O–H groups in total. The lowest BCUT2D eigenvalue weighted by Gasteiger charge is -2.20. The third kappa shape index (κ3) is 3.29. The second-order valence-electron chi connectivity index (χ2n) is 5.06. The molecule has 92 valence electrons. The summed E-state index contributed by atoms with van der Waals surface area (Å²) in [6.45, 7) is 10.3. The van der Waals surface area contributed by atoms with Gasteiger partial charge in [0.15, 0.2) is 5.78 Å². The molecule has 0 atom stereocenters. The predicted octanol–water partition coefficient (Wildman–Crippen LogP) is 4.34. The number of allylic oxidation sites excluding steroid dienone is 2. The molecule has 1 aromatic rings. The zero-order chi connectivity index (χ0) is 13.0. The summed E-state index contributed by atoms with van der Waals surface area (Å²) in [6, 6.07) is 9.97. The summed E-state index contributed by atoms with van der Waals surface area (Å²) >= 11 is 0. The number of ketones is 1. The lowest BCUT2D eigenvalue weighted by molar-refractivity contribution is -0.111. The van der Waals surface area contributed by atoms with Crippen molar-refractivity contribution in [3.05, 3.63) is 41.5 Å². The van der Waals surface area contributed by atoms with Crippen LogP contribution in [0.25, 0.3) is 5.57 Å². The monoisotopic (exact) mass is 230 g/mol. The van der Waals surface area contributed by atoms with Gasteiger partial charge in [0, 0.05) is 5.57 Å². The minimum atomic E-state index is 0.161. The van der Waals surface area contributed by atoms with Gasteiger partial charge in [-0.3, -0.25) is 4.79 Å². The standard InChI is InChI=1S/C16H22O/c1-11(2)15(12(3)4)16(13(5)17)14-9-7-6-8-10-14/h6-12H,1-5H3. The molecule has 1 nitrogen and oxygen atoms in total. The van der Waals surface area contributed by atoms with Crippen LogP contribution in [0.3, 0.4) is 0 Å². The molecule has 0 saturated carbocycles. The lowest BCUT2D eigenvalue weighted by Crippen LogP contribution is -2.10. The number of hydrogen-bond donors (Lipinski definition) is 0. The normalized spacial score (nSPS) is 10.8. The van der Waals surface area contributed by atoms with E-state index in [1.807, 2.05) is 30.3 Å². The van der Waals surface area contributed by atoms with Crippen molar-refractivity contribution >= 4 is 11.4 Å². The third-order valence-electron chi connectivity index (χ3n) is 2.95. The van der Waals surface area contributed by atoms with E-state index in [2.05, 4.69) is 27.7 Å². The summed E-state index contributed by atoms with van der Waals surface area (Å²) in [4.78, 5) is 11.9. The number of carbonyl (C=O) groups is 1. The van der Waals surface area contributed by atoms with Gasteiger partial charge >= 0.3 is 0 Å². The molecule has 1 heteroatoms. The minimum absolute atomic E-state index is 0.161. The number of hydrogen-bond acceptors (Lipinski definition) is 1. The van der Waals surface area contributed by atoms with Crippen molar-refractivity contribution in [2.75, 3.05) is 0 Å². The Labute approximate surface area is 105 Å². The Morgan fingerprint density at radius 3 is 1.76 bits per heavy atom. The Bertz CT molecular complexity index is 400. The van der Waals surface area contributed by atoms with E-state index in [4.69, 9.17) is 0 Å². The van der Waals surface area contributed by atoms with Gasteiger partial charge in [-0.05, 0) is 24.3 Å². The van der Waals surface area contributed by atoms with Gasteiger partial charge in [0.2, 0.25) is 0 Å². The van der Waals surface area contributed by atoms with E-state index in [0.717, 1.165) is 11.1 Å². The maximum absolute atomic E-state index is 11.9. The van der Waals surface area contributed by atoms with E-state index < -0.39 is 0 Å². The van der Waals surface area contributed by atoms with Gasteiger partial charge in [0.05, 0.1) is 0 Å². The average molecular weight is 230 g/mol. The molecule has 1 aromatic carbocycles. The second kappa shape index (κ2) is 5.81. The summed E-state index contributed by atoms with van der Waals surface area (Å²) < 4.78 is 0. The van der Waals surface area contributed by atoms with Crippen molar-refractivity contribution in [2.24, 2.45) is 11.8 Å². The number of rotatable bonds is 4. The van der Waals surface area contributed by atoms with Crippen LogP contribution in [0.1, 0.15) is 40.2 Å². The van der Waals surface area contributed by atoms with Crippen molar-refractivity contribution in [1.82, 2.24) is 0 Å². The fourth-order valence-electron chi connectivity index (χ4n) is 2.42. The van der Waals surface area contributed by atoms with Crippen LogP contribution in [-0.4, -0.2) is 5.78 Å². The number of benzene rings is 1. The molecule has 0 heterocycles. The molecular formula is C16H22O. The maximum Gasteiger partial charge on any atom is 0.160 e. The van der Waals surface area contributed by atoms with Gasteiger partial charge in [0.1, 0.15) is 0 Å². The molecule has 0 spiro atoms. The Hall–Kier alpha value is -1.37. The first kappa shape index (κ1) is 13.7. The highest BCUT2D eigenvalue weighted by Gasteiger charge is 2.18. The van der Waals surface area contributed by atoms with E-state index in [0.29, 0.717) is 11.8 Å². The fourth-order valence-corrected chi connectivity index (χ4v) is 2.42. The number of carbonyl (C=O) groups excluding carboxylic acids is 1. The van der Waals surface area contributed by atoms with E-state index in [1.165, 1.54) is 5.57 Å². The van der Waals surface area contributed by atoms with Crippen LogP contribution in [0.15, 0.2) is 35.9 Å².